The number of likely N-dealkylation sites (tertiary alicyclic amines) is 1. The van der Waals surface area contributed by atoms with Gasteiger partial charge in [0.05, 0.1) is 12.2 Å². The van der Waals surface area contributed by atoms with Crippen molar-refractivity contribution in [2.45, 2.75) is 38.9 Å². The zero-order valence-corrected chi connectivity index (χ0v) is 20.8. The fourth-order valence-electron chi connectivity index (χ4n) is 3.53. The van der Waals surface area contributed by atoms with Crippen LogP contribution in [0.2, 0.25) is 0 Å². The maximum absolute atomic E-state index is 10.9. The average molecular weight is 552 g/mol. The Morgan fingerprint density at radius 2 is 2.06 bits per heavy atom. The number of nitrogens with one attached hydrogen (secondary N) is 2. The first kappa shape index (κ1) is 25.9. The van der Waals surface area contributed by atoms with E-state index in [4.69, 9.17) is 15.5 Å². The second-order valence-corrected chi connectivity index (χ2v) is 7.61. The van der Waals surface area contributed by atoms with Gasteiger partial charge in [0.25, 0.3) is 5.91 Å². The van der Waals surface area contributed by atoms with Crippen LogP contribution in [0.15, 0.2) is 53.7 Å². The molecule has 9 heteroatoms. The minimum atomic E-state index is -0.492. The maximum atomic E-state index is 10.9. The molecule has 174 valence electrons. The molecule has 2 aromatic rings. The van der Waals surface area contributed by atoms with Crippen LogP contribution in [0.4, 0.5) is 0 Å². The predicted molar refractivity (Wildman–Crippen MR) is 137 cm³/mol. The largest absolute Gasteiger partial charge is 0.484 e. The second-order valence-electron chi connectivity index (χ2n) is 7.61. The number of halogens is 1. The average Bonchev–Trinajstić information content (AvgIpc) is 2.78. The van der Waals surface area contributed by atoms with E-state index >= 15 is 0 Å². The van der Waals surface area contributed by atoms with E-state index < -0.39 is 5.91 Å². The number of primary amides is 1. The molecule has 3 rings (SSSR count). The number of hydrogen-bond donors (Lipinski definition) is 3. The molecule has 1 saturated heterocycles. The van der Waals surface area contributed by atoms with Crippen LogP contribution in [0, 0.1) is 0 Å². The highest BCUT2D eigenvalue weighted by Crippen LogP contribution is 2.15. The van der Waals surface area contributed by atoms with Crippen LogP contribution in [0.3, 0.4) is 0 Å². The van der Waals surface area contributed by atoms with E-state index in [1.54, 1.807) is 6.07 Å². The van der Waals surface area contributed by atoms with Gasteiger partial charge in [-0.1, -0.05) is 18.2 Å². The monoisotopic (exact) mass is 552 g/mol. The van der Waals surface area contributed by atoms with E-state index in [1.165, 1.54) is 0 Å². The zero-order valence-electron chi connectivity index (χ0n) is 18.5. The van der Waals surface area contributed by atoms with Crippen molar-refractivity contribution in [3.05, 3.63) is 59.9 Å². The molecule has 1 aromatic heterocycles. The number of pyridine rings is 1. The Balaban J connectivity index is 0.00000363. The Hall–Kier alpha value is -2.40. The maximum Gasteiger partial charge on any atom is 0.255 e. The van der Waals surface area contributed by atoms with Crippen LogP contribution in [0.25, 0.3) is 0 Å². The third kappa shape index (κ3) is 8.99. The number of aliphatic imine (C=N–C) groups is 1. The fraction of sp³-hybridized carbons (Fsp3) is 0.435. The highest BCUT2D eigenvalue weighted by Gasteiger charge is 2.20. The molecular weight excluding hydrogens is 519 g/mol. The van der Waals surface area contributed by atoms with Gasteiger partial charge in [-0.2, -0.15) is 0 Å². The van der Waals surface area contributed by atoms with Crippen molar-refractivity contribution in [1.82, 2.24) is 20.5 Å². The topological polar surface area (TPSA) is 105 Å². The van der Waals surface area contributed by atoms with Gasteiger partial charge >= 0.3 is 0 Å². The molecule has 1 aromatic carbocycles. The number of amides is 1. The minimum Gasteiger partial charge on any atom is -0.484 e. The summed E-state index contributed by atoms with van der Waals surface area (Å²) in [6, 6.07) is 14.0. The summed E-state index contributed by atoms with van der Waals surface area (Å²) >= 11 is 0. The lowest BCUT2D eigenvalue weighted by Gasteiger charge is -2.32. The number of nitrogens with zero attached hydrogens (tertiary/aromatic N) is 3. The second kappa shape index (κ2) is 13.9. The number of piperidine rings is 1. The fourth-order valence-corrected chi connectivity index (χ4v) is 3.53. The third-order valence-corrected chi connectivity index (χ3v) is 5.08. The number of rotatable bonds is 9. The van der Waals surface area contributed by atoms with Crippen LogP contribution in [-0.2, 0) is 17.9 Å². The first-order chi connectivity index (χ1) is 15.1. The Labute approximate surface area is 207 Å². The molecule has 4 N–H and O–H groups in total. The third-order valence-electron chi connectivity index (χ3n) is 5.08. The van der Waals surface area contributed by atoms with Gasteiger partial charge in [-0.05, 0) is 49.6 Å². The standard InChI is InChI=1S/C23H32N6O2.HI/c1-2-25-23(27-15-18-6-5-8-21(14-18)31-17-22(24)30)28-19-9-12-29(13-10-19)16-20-7-3-4-11-26-20;/h3-8,11,14,19H,2,9-10,12-13,15-17H2,1H3,(H2,24,30)(H2,25,27,28);1H. The zero-order chi connectivity index (χ0) is 21.9. The van der Waals surface area contributed by atoms with Gasteiger partial charge in [-0.3, -0.25) is 14.7 Å². The molecule has 1 amide bonds. The Morgan fingerprint density at radius 1 is 1.25 bits per heavy atom. The van der Waals surface area contributed by atoms with Crippen molar-refractivity contribution >= 4 is 35.8 Å². The molecule has 32 heavy (non-hydrogen) atoms. The molecule has 1 aliphatic heterocycles. The highest BCUT2D eigenvalue weighted by molar-refractivity contribution is 14.0. The molecule has 0 radical (unpaired) electrons. The van der Waals surface area contributed by atoms with Crippen LogP contribution >= 0.6 is 24.0 Å². The Kier molecular flexibility index (Phi) is 11.2. The van der Waals surface area contributed by atoms with E-state index in [0.717, 1.165) is 56.2 Å². The molecule has 1 fully saturated rings. The van der Waals surface area contributed by atoms with Gasteiger partial charge < -0.3 is 21.1 Å². The number of ether oxygens (including phenoxy) is 1. The van der Waals surface area contributed by atoms with Crippen LogP contribution in [-0.4, -0.2) is 54.0 Å². The predicted octanol–water partition coefficient (Wildman–Crippen LogP) is 2.28. The first-order valence-electron chi connectivity index (χ1n) is 10.8. The van der Waals surface area contributed by atoms with Gasteiger partial charge in [0.2, 0.25) is 0 Å². The minimum absolute atomic E-state index is 0. The lowest BCUT2D eigenvalue weighted by Crippen LogP contribution is -2.48. The van der Waals surface area contributed by atoms with Gasteiger partial charge in [-0.15, -0.1) is 24.0 Å². The summed E-state index contributed by atoms with van der Waals surface area (Å²) in [6.45, 7) is 6.21. The molecule has 0 spiro atoms. The number of aromatic nitrogens is 1. The van der Waals surface area contributed by atoms with Gasteiger partial charge in [0.15, 0.2) is 12.6 Å². The van der Waals surface area contributed by atoms with Gasteiger partial charge in [-0.25, -0.2) is 4.99 Å². The Bertz CT molecular complexity index is 857. The summed E-state index contributed by atoms with van der Waals surface area (Å²) < 4.78 is 5.37. The van der Waals surface area contributed by atoms with Crippen molar-refractivity contribution in [1.29, 1.82) is 0 Å². The number of carbonyl (C=O) groups excluding carboxylic acids is 1. The van der Waals surface area contributed by atoms with Crippen LogP contribution in [0.1, 0.15) is 31.0 Å². The molecule has 0 atom stereocenters. The van der Waals surface area contributed by atoms with E-state index in [-0.39, 0.29) is 30.6 Å². The summed E-state index contributed by atoms with van der Waals surface area (Å²) in [5.41, 5.74) is 7.26. The number of carbonyl (C=O) groups is 1. The lowest BCUT2D eigenvalue weighted by molar-refractivity contribution is -0.119. The lowest BCUT2D eigenvalue weighted by atomic mass is 10.0. The van der Waals surface area contributed by atoms with E-state index in [2.05, 4.69) is 33.5 Å². The van der Waals surface area contributed by atoms with Crippen LogP contribution < -0.4 is 21.1 Å². The first-order valence-corrected chi connectivity index (χ1v) is 10.8. The molecule has 8 nitrogen and oxygen atoms in total. The molecule has 0 aliphatic carbocycles. The van der Waals surface area contributed by atoms with Crippen molar-refractivity contribution < 1.29 is 9.53 Å². The molecule has 0 unspecified atom stereocenters. The summed E-state index contributed by atoms with van der Waals surface area (Å²) in [7, 11) is 0. The molecule has 1 aliphatic rings. The van der Waals surface area contributed by atoms with Gasteiger partial charge in [0, 0.05) is 38.4 Å². The van der Waals surface area contributed by atoms with E-state index in [9.17, 15) is 4.79 Å². The summed E-state index contributed by atoms with van der Waals surface area (Å²) in [6.07, 6.45) is 3.98. The molecular formula is C23H33IN6O2. The number of nitrogens with two attached hydrogens (primary N) is 1. The summed E-state index contributed by atoms with van der Waals surface area (Å²) in [5, 5.41) is 6.90. The highest BCUT2D eigenvalue weighted by atomic mass is 127. The smallest absolute Gasteiger partial charge is 0.255 e. The normalized spacial score (nSPS) is 15.0. The van der Waals surface area contributed by atoms with E-state index in [0.29, 0.717) is 18.3 Å². The van der Waals surface area contributed by atoms with Crippen LogP contribution in [0.5, 0.6) is 5.75 Å². The Morgan fingerprint density at radius 3 is 2.75 bits per heavy atom. The van der Waals surface area contributed by atoms with Crippen molar-refractivity contribution in [2.75, 3.05) is 26.2 Å². The van der Waals surface area contributed by atoms with Crippen molar-refractivity contribution in [3.63, 3.8) is 0 Å². The molecule has 0 bridgehead atoms. The van der Waals surface area contributed by atoms with Crippen molar-refractivity contribution in [3.8, 4) is 5.75 Å². The quantitative estimate of drug-likeness (QED) is 0.251. The summed E-state index contributed by atoms with van der Waals surface area (Å²) in [4.78, 5) is 22.5. The number of guanidine groups is 1. The van der Waals surface area contributed by atoms with Crippen molar-refractivity contribution in [2.24, 2.45) is 10.7 Å². The van der Waals surface area contributed by atoms with Gasteiger partial charge in [0.1, 0.15) is 5.75 Å². The molecule has 2 heterocycles. The SMILES string of the molecule is CCNC(=NCc1cccc(OCC(N)=O)c1)NC1CCN(Cc2ccccn2)CC1.I. The summed E-state index contributed by atoms with van der Waals surface area (Å²) in [5.74, 6) is 0.937. The number of benzene rings is 1. The van der Waals surface area contributed by atoms with E-state index in [1.807, 2.05) is 36.5 Å². The number of hydrogen-bond acceptors (Lipinski definition) is 5. The molecule has 0 saturated carbocycles.